The van der Waals surface area contributed by atoms with Gasteiger partial charge in [-0.3, -0.25) is 0 Å². The van der Waals surface area contributed by atoms with E-state index in [2.05, 4.69) is 25.9 Å². The molecule has 0 unspecified atom stereocenters. The second-order valence-corrected chi connectivity index (χ2v) is 5.77. The van der Waals surface area contributed by atoms with Gasteiger partial charge >= 0.3 is 0 Å². The number of nitrogens with one attached hydrogen (secondary N) is 1. The Kier molecular flexibility index (Phi) is 3.13. The zero-order valence-electron chi connectivity index (χ0n) is 10.6. The van der Waals surface area contributed by atoms with Crippen LogP contribution < -0.4 is 5.32 Å². The molecule has 0 spiro atoms. The lowest BCUT2D eigenvalue weighted by molar-refractivity contribution is 0.465. The fraction of sp³-hybridized carbons (Fsp3) is 0.583. The Bertz CT molecular complexity index is 528. The van der Waals surface area contributed by atoms with Crippen molar-refractivity contribution in [3.63, 3.8) is 0 Å². The second kappa shape index (κ2) is 4.78. The van der Waals surface area contributed by atoms with Crippen LogP contribution in [-0.4, -0.2) is 19.7 Å². The molecule has 0 radical (unpaired) electrons. The number of aryl methyl sites for hydroxylation is 2. The van der Waals surface area contributed by atoms with Crippen LogP contribution in [0.15, 0.2) is 11.7 Å². The zero-order chi connectivity index (χ0) is 12.5. The highest BCUT2D eigenvalue weighted by atomic mass is 32.1. The van der Waals surface area contributed by atoms with E-state index < -0.39 is 0 Å². The molecule has 2 aromatic heterocycles. The van der Waals surface area contributed by atoms with E-state index in [-0.39, 0.29) is 0 Å². The Labute approximate surface area is 110 Å². The van der Waals surface area contributed by atoms with Gasteiger partial charge in [0.25, 0.3) is 0 Å². The minimum atomic E-state index is 0.375. The van der Waals surface area contributed by atoms with Crippen LogP contribution in [0.4, 0.5) is 0 Å². The Morgan fingerprint density at radius 2 is 2.39 bits per heavy atom. The van der Waals surface area contributed by atoms with Crippen LogP contribution >= 0.6 is 11.3 Å². The Hall–Kier alpha value is -1.27. The summed E-state index contributed by atoms with van der Waals surface area (Å²) in [5, 5.41) is 14.9. The molecule has 6 heteroatoms. The first kappa shape index (κ1) is 11.8. The van der Waals surface area contributed by atoms with E-state index in [1.165, 1.54) is 17.8 Å². The van der Waals surface area contributed by atoms with Crippen LogP contribution in [0.3, 0.4) is 0 Å². The molecule has 0 bridgehead atoms. The molecule has 18 heavy (non-hydrogen) atoms. The van der Waals surface area contributed by atoms with Gasteiger partial charge in [-0.2, -0.15) is 0 Å². The Morgan fingerprint density at radius 1 is 1.56 bits per heavy atom. The van der Waals surface area contributed by atoms with Crippen LogP contribution in [-0.2, 0) is 13.6 Å². The molecule has 2 heterocycles. The summed E-state index contributed by atoms with van der Waals surface area (Å²) in [7, 11) is 1.97. The van der Waals surface area contributed by atoms with Crippen molar-refractivity contribution in [3.8, 4) is 0 Å². The van der Waals surface area contributed by atoms with E-state index >= 15 is 0 Å². The maximum Gasteiger partial charge on any atom is 0.146 e. The molecule has 96 valence electrons. The number of nitrogens with zero attached hydrogens (tertiary/aromatic N) is 4. The van der Waals surface area contributed by atoms with E-state index in [0.717, 1.165) is 24.0 Å². The predicted octanol–water partition coefficient (Wildman–Crippen LogP) is 1.82. The van der Waals surface area contributed by atoms with Gasteiger partial charge in [0, 0.05) is 18.1 Å². The first-order valence-corrected chi connectivity index (χ1v) is 7.10. The van der Waals surface area contributed by atoms with Crippen molar-refractivity contribution >= 4 is 11.3 Å². The SMILES string of the molecule is Cc1csc([C@@H](NCc2nncn2C)C2CC2)n1. The molecule has 1 atom stereocenters. The van der Waals surface area contributed by atoms with E-state index in [0.29, 0.717) is 6.04 Å². The molecule has 1 N–H and O–H groups in total. The van der Waals surface area contributed by atoms with Gasteiger partial charge in [-0.15, -0.1) is 21.5 Å². The molecule has 0 saturated heterocycles. The number of rotatable bonds is 5. The second-order valence-electron chi connectivity index (χ2n) is 4.88. The minimum Gasteiger partial charge on any atom is -0.320 e. The van der Waals surface area contributed by atoms with Gasteiger partial charge < -0.3 is 9.88 Å². The molecule has 0 aromatic carbocycles. The lowest BCUT2D eigenvalue weighted by Crippen LogP contribution is -2.24. The van der Waals surface area contributed by atoms with Crippen molar-refractivity contribution in [2.75, 3.05) is 0 Å². The fourth-order valence-corrected chi connectivity index (χ4v) is 3.03. The lowest BCUT2D eigenvalue weighted by Gasteiger charge is -2.15. The summed E-state index contributed by atoms with van der Waals surface area (Å²) in [6.45, 7) is 2.79. The van der Waals surface area contributed by atoms with Crippen molar-refractivity contribution in [1.82, 2.24) is 25.1 Å². The van der Waals surface area contributed by atoms with Gasteiger partial charge in [-0.1, -0.05) is 0 Å². The summed E-state index contributed by atoms with van der Waals surface area (Å²) >= 11 is 1.75. The highest BCUT2D eigenvalue weighted by molar-refractivity contribution is 7.09. The van der Waals surface area contributed by atoms with Crippen LogP contribution in [0.5, 0.6) is 0 Å². The summed E-state index contributed by atoms with van der Waals surface area (Å²) in [4.78, 5) is 4.61. The van der Waals surface area contributed by atoms with E-state index in [4.69, 9.17) is 0 Å². The van der Waals surface area contributed by atoms with Gasteiger partial charge in [0.2, 0.25) is 0 Å². The molecule has 2 aromatic rings. The monoisotopic (exact) mass is 263 g/mol. The number of hydrogen-bond donors (Lipinski definition) is 1. The average molecular weight is 263 g/mol. The normalized spacial score (nSPS) is 17.0. The molecule has 1 aliphatic carbocycles. The molecular formula is C12H17N5S. The first-order valence-electron chi connectivity index (χ1n) is 6.22. The molecule has 5 nitrogen and oxygen atoms in total. The number of hydrogen-bond acceptors (Lipinski definition) is 5. The van der Waals surface area contributed by atoms with Gasteiger partial charge in [0.05, 0.1) is 12.6 Å². The standard InChI is InChI=1S/C12H17N5S/c1-8-6-18-12(15-8)11(9-3-4-9)13-5-10-16-14-7-17(10)2/h6-7,9,11,13H,3-5H2,1-2H3/t11-/m0/s1. The average Bonchev–Trinajstić information content (AvgIpc) is 2.97. The molecular weight excluding hydrogens is 246 g/mol. The third-order valence-electron chi connectivity index (χ3n) is 3.28. The van der Waals surface area contributed by atoms with E-state index in [1.807, 2.05) is 18.5 Å². The fourth-order valence-electron chi connectivity index (χ4n) is 2.07. The Morgan fingerprint density at radius 3 is 2.94 bits per heavy atom. The molecule has 1 aliphatic rings. The third kappa shape index (κ3) is 2.44. The van der Waals surface area contributed by atoms with Crippen molar-refractivity contribution < 1.29 is 0 Å². The van der Waals surface area contributed by atoms with Crippen molar-refractivity contribution in [1.29, 1.82) is 0 Å². The minimum absolute atomic E-state index is 0.375. The molecule has 1 saturated carbocycles. The summed E-state index contributed by atoms with van der Waals surface area (Å²) in [6.07, 6.45) is 4.33. The quantitative estimate of drug-likeness (QED) is 0.894. The third-order valence-corrected chi connectivity index (χ3v) is 4.33. The Balaban J connectivity index is 1.70. The van der Waals surface area contributed by atoms with Crippen molar-refractivity contribution in [2.24, 2.45) is 13.0 Å². The summed E-state index contributed by atoms with van der Waals surface area (Å²) in [6, 6.07) is 0.375. The molecule has 0 amide bonds. The number of aromatic nitrogens is 4. The van der Waals surface area contributed by atoms with Gasteiger partial charge in [0.1, 0.15) is 17.2 Å². The molecule has 3 rings (SSSR count). The van der Waals surface area contributed by atoms with Crippen LogP contribution in [0.2, 0.25) is 0 Å². The first-order chi connectivity index (χ1) is 8.74. The van der Waals surface area contributed by atoms with Crippen LogP contribution in [0.25, 0.3) is 0 Å². The largest absolute Gasteiger partial charge is 0.320 e. The van der Waals surface area contributed by atoms with E-state index in [9.17, 15) is 0 Å². The van der Waals surface area contributed by atoms with Gasteiger partial charge in [-0.25, -0.2) is 4.98 Å². The highest BCUT2D eigenvalue weighted by Gasteiger charge is 2.33. The smallest absolute Gasteiger partial charge is 0.146 e. The summed E-state index contributed by atoms with van der Waals surface area (Å²) in [5.41, 5.74) is 1.11. The number of thiazole rings is 1. The topological polar surface area (TPSA) is 55.6 Å². The predicted molar refractivity (Wildman–Crippen MR) is 70.2 cm³/mol. The van der Waals surface area contributed by atoms with Gasteiger partial charge in [-0.05, 0) is 25.7 Å². The highest BCUT2D eigenvalue weighted by Crippen LogP contribution is 2.41. The van der Waals surface area contributed by atoms with Crippen molar-refractivity contribution in [3.05, 3.63) is 28.2 Å². The summed E-state index contributed by atoms with van der Waals surface area (Å²) < 4.78 is 1.95. The zero-order valence-corrected chi connectivity index (χ0v) is 11.4. The van der Waals surface area contributed by atoms with Gasteiger partial charge in [0.15, 0.2) is 0 Å². The lowest BCUT2D eigenvalue weighted by atomic mass is 10.2. The molecule has 0 aliphatic heterocycles. The van der Waals surface area contributed by atoms with Crippen molar-refractivity contribution in [2.45, 2.75) is 32.4 Å². The van der Waals surface area contributed by atoms with Crippen LogP contribution in [0.1, 0.15) is 35.4 Å². The maximum atomic E-state index is 4.61. The van der Waals surface area contributed by atoms with E-state index in [1.54, 1.807) is 17.7 Å². The maximum absolute atomic E-state index is 4.61. The molecule has 1 fully saturated rings. The summed E-state index contributed by atoms with van der Waals surface area (Å²) in [5.74, 6) is 1.71. The van der Waals surface area contributed by atoms with Crippen LogP contribution in [0, 0.1) is 12.8 Å².